The van der Waals surface area contributed by atoms with Crippen molar-refractivity contribution in [2.45, 2.75) is 19.4 Å². The minimum absolute atomic E-state index is 0.559. The number of carboxylic acid groups (broad SMARTS) is 1. The molecule has 0 saturated carbocycles. The van der Waals surface area contributed by atoms with Crippen molar-refractivity contribution in [3.63, 3.8) is 0 Å². The Labute approximate surface area is 117 Å². The monoisotopic (exact) mass is 273 g/mol. The molecule has 0 atom stereocenters. The van der Waals surface area contributed by atoms with Crippen molar-refractivity contribution >= 4 is 17.0 Å². The third-order valence-corrected chi connectivity index (χ3v) is 4.07. The Morgan fingerprint density at radius 3 is 2.75 bits per heavy atom. The molecular weight excluding hydrogens is 254 g/mol. The van der Waals surface area contributed by atoms with Crippen LogP contribution in [-0.2, 0) is 19.4 Å². The van der Waals surface area contributed by atoms with Crippen molar-refractivity contribution in [2.24, 2.45) is 5.73 Å². The van der Waals surface area contributed by atoms with Crippen molar-refractivity contribution in [3.8, 4) is 0 Å². The number of rotatable bonds is 2. The van der Waals surface area contributed by atoms with E-state index in [0.717, 1.165) is 19.4 Å². The first-order valence-electron chi connectivity index (χ1n) is 6.99. The van der Waals surface area contributed by atoms with Crippen LogP contribution in [0.4, 0.5) is 4.79 Å². The maximum Gasteiger partial charge on any atom is 0.407 e. The van der Waals surface area contributed by atoms with E-state index in [4.69, 9.17) is 10.8 Å². The Morgan fingerprint density at radius 1 is 1.25 bits per heavy atom. The third-order valence-electron chi connectivity index (χ3n) is 4.07. The molecule has 1 aliphatic heterocycles. The van der Waals surface area contributed by atoms with Crippen LogP contribution in [0.2, 0.25) is 0 Å². The maximum absolute atomic E-state index is 11.2. The van der Waals surface area contributed by atoms with Gasteiger partial charge in [-0.05, 0) is 18.1 Å². The van der Waals surface area contributed by atoms with Gasteiger partial charge in [-0.15, -0.1) is 0 Å². The van der Waals surface area contributed by atoms with E-state index in [-0.39, 0.29) is 0 Å². The highest BCUT2D eigenvalue weighted by molar-refractivity contribution is 5.86. The van der Waals surface area contributed by atoms with E-state index in [2.05, 4.69) is 16.7 Å². The molecule has 0 aliphatic carbocycles. The largest absolute Gasteiger partial charge is 0.465 e. The number of fused-ring (bicyclic) bond motifs is 3. The second-order valence-electron chi connectivity index (χ2n) is 5.15. The quantitative estimate of drug-likeness (QED) is 0.874. The standard InChI is InChI=1S/C15H19N3O2/c16-7-10-18-13-4-2-1-3-11(13)12-5-8-17(15(19)20)9-6-14(12)18/h1-4H,5-10,16H2,(H,19,20). The van der Waals surface area contributed by atoms with Crippen LogP contribution >= 0.6 is 0 Å². The molecule has 3 rings (SSSR count). The van der Waals surface area contributed by atoms with Gasteiger partial charge >= 0.3 is 6.09 Å². The molecule has 0 radical (unpaired) electrons. The van der Waals surface area contributed by atoms with Crippen molar-refractivity contribution < 1.29 is 9.90 Å². The van der Waals surface area contributed by atoms with Crippen LogP contribution in [-0.4, -0.2) is 40.3 Å². The van der Waals surface area contributed by atoms with Gasteiger partial charge in [0.25, 0.3) is 0 Å². The molecule has 5 nitrogen and oxygen atoms in total. The molecule has 20 heavy (non-hydrogen) atoms. The summed E-state index contributed by atoms with van der Waals surface area (Å²) in [6.45, 7) is 2.50. The summed E-state index contributed by atoms with van der Waals surface area (Å²) in [7, 11) is 0. The Morgan fingerprint density at radius 2 is 2.00 bits per heavy atom. The molecule has 0 spiro atoms. The van der Waals surface area contributed by atoms with E-state index < -0.39 is 6.09 Å². The number of aromatic nitrogens is 1. The van der Waals surface area contributed by atoms with Crippen LogP contribution in [0, 0.1) is 0 Å². The molecule has 3 N–H and O–H groups in total. The molecule has 2 aromatic rings. The lowest BCUT2D eigenvalue weighted by molar-refractivity contribution is 0.147. The van der Waals surface area contributed by atoms with Gasteiger partial charge in [0.2, 0.25) is 0 Å². The summed E-state index contributed by atoms with van der Waals surface area (Å²) in [4.78, 5) is 12.7. The molecule has 1 amide bonds. The van der Waals surface area contributed by atoms with Crippen molar-refractivity contribution in [1.29, 1.82) is 0 Å². The molecule has 0 saturated heterocycles. The molecule has 106 valence electrons. The van der Waals surface area contributed by atoms with Crippen LogP contribution in [0.5, 0.6) is 0 Å². The number of hydrogen-bond donors (Lipinski definition) is 2. The third kappa shape index (κ3) is 2.04. The second kappa shape index (κ2) is 5.17. The fourth-order valence-electron chi connectivity index (χ4n) is 3.17. The average molecular weight is 273 g/mol. The average Bonchev–Trinajstić information content (AvgIpc) is 2.62. The van der Waals surface area contributed by atoms with Crippen LogP contribution in [0.25, 0.3) is 10.9 Å². The topological polar surface area (TPSA) is 71.5 Å². The van der Waals surface area contributed by atoms with E-state index >= 15 is 0 Å². The van der Waals surface area contributed by atoms with Gasteiger partial charge in [-0.3, -0.25) is 0 Å². The minimum Gasteiger partial charge on any atom is -0.465 e. The summed E-state index contributed by atoms with van der Waals surface area (Å²) in [5.41, 5.74) is 9.49. The fourth-order valence-corrected chi connectivity index (χ4v) is 3.17. The van der Waals surface area contributed by atoms with Gasteiger partial charge in [0, 0.05) is 49.2 Å². The fraction of sp³-hybridized carbons (Fsp3) is 0.400. The summed E-state index contributed by atoms with van der Waals surface area (Å²) in [6.07, 6.45) is 0.709. The number of amides is 1. The van der Waals surface area contributed by atoms with E-state index in [1.807, 2.05) is 12.1 Å². The molecule has 1 aromatic heterocycles. The van der Waals surface area contributed by atoms with E-state index in [1.165, 1.54) is 27.1 Å². The first-order valence-corrected chi connectivity index (χ1v) is 6.99. The Balaban J connectivity index is 2.09. The summed E-state index contributed by atoms with van der Waals surface area (Å²) in [6, 6.07) is 8.32. The zero-order chi connectivity index (χ0) is 14.1. The molecule has 1 aliphatic rings. The SMILES string of the molecule is NCCn1c2c(c3ccccc31)CCN(C(=O)O)CC2. The summed E-state index contributed by atoms with van der Waals surface area (Å²) < 4.78 is 2.26. The molecule has 0 bridgehead atoms. The highest BCUT2D eigenvalue weighted by Crippen LogP contribution is 2.29. The predicted octanol–water partition coefficient (Wildman–Crippen LogP) is 1.68. The number of para-hydroxylation sites is 1. The Hall–Kier alpha value is -2.01. The number of carbonyl (C=O) groups is 1. The lowest BCUT2D eigenvalue weighted by Crippen LogP contribution is -2.31. The molecule has 0 unspecified atom stereocenters. The molecular formula is C15H19N3O2. The number of nitrogens with zero attached hydrogens (tertiary/aromatic N) is 2. The van der Waals surface area contributed by atoms with Gasteiger partial charge in [-0.1, -0.05) is 18.2 Å². The van der Waals surface area contributed by atoms with Gasteiger partial charge in [0.15, 0.2) is 0 Å². The Bertz CT molecular complexity index is 648. The van der Waals surface area contributed by atoms with Crippen molar-refractivity contribution in [1.82, 2.24) is 9.47 Å². The van der Waals surface area contributed by atoms with Crippen LogP contribution in [0.1, 0.15) is 11.3 Å². The normalized spacial score (nSPS) is 15.2. The summed E-state index contributed by atoms with van der Waals surface area (Å²) >= 11 is 0. The lowest BCUT2D eigenvalue weighted by atomic mass is 10.1. The van der Waals surface area contributed by atoms with E-state index in [1.54, 1.807) is 0 Å². The molecule has 1 aromatic carbocycles. The second-order valence-corrected chi connectivity index (χ2v) is 5.15. The van der Waals surface area contributed by atoms with Gasteiger partial charge in [-0.25, -0.2) is 4.79 Å². The number of benzene rings is 1. The first-order chi connectivity index (χ1) is 9.72. The maximum atomic E-state index is 11.2. The van der Waals surface area contributed by atoms with Crippen LogP contribution in [0.15, 0.2) is 24.3 Å². The van der Waals surface area contributed by atoms with Crippen molar-refractivity contribution in [3.05, 3.63) is 35.5 Å². The highest BCUT2D eigenvalue weighted by atomic mass is 16.4. The molecule has 0 fully saturated rings. The van der Waals surface area contributed by atoms with Gasteiger partial charge in [0.1, 0.15) is 0 Å². The zero-order valence-corrected chi connectivity index (χ0v) is 11.4. The number of hydrogen-bond acceptors (Lipinski definition) is 2. The zero-order valence-electron chi connectivity index (χ0n) is 11.4. The predicted molar refractivity (Wildman–Crippen MR) is 78.0 cm³/mol. The summed E-state index contributed by atoms with van der Waals surface area (Å²) in [5.74, 6) is 0. The van der Waals surface area contributed by atoms with Gasteiger partial charge in [-0.2, -0.15) is 0 Å². The Kier molecular flexibility index (Phi) is 3.36. The lowest BCUT2D eigenvalue weighted by Gasteiger charge is -2.16. The highest BCUT2D eigenvalue weighted by Gasteiger charge is 2.23. The minimum atomic E-state index is -0.829. The summed E-state index contributed by atoms with van der Waals surface area (Å²) in [5, 5.41) is 10.4. The van der Waals surface area contributed by atoms with E-state index in [0.29, 0.717) is 19.6 Å². The molecule has 5 heteroatoms. The van der Waals surface area contributed by atoms with Crippen LogP contribution < -0.4 is 5.73 Å². The molecule has 2 heterocycles. The first kappa shape index (κ1) is 13.0. The van der Waals surface area contributed by atoms with Gasteiger partial charge < -0.3 is 20.3 Å². The smallest absolute Gasteiger partial charge is 0.407 e. The van der Waals surface area contributed by atoms with Crippen LogP contribution in [0.3, 0.4) is 0 Å². The van der Waals surface area contributed by atoms with E-state index in [9.17, 15) is 4.79 Å². The van der Waals surface area contributed by atoms with Crippen molar-refractivity contribution in [2.75, 3.05) is 19.6 Å². The van der Waals surface area contributed by atoms with Gasteiger partial charge in [0.05, 0.1) is 0 Å². The number of nitrogens with two attached hydrogens (primary N) is 1.